The monoisotopic (exact) mass is 604 g/mol. The van der Waals surface area contributed by atoms with E-state index in [1.54, 1.807) is 0 Å². The molecule has 3 unspecified atom stereocenters. The van der Waals surface area contributed by atoms with Gasteiger partial charge in [-0.25, -0.2) is 4.57 Å². The topological polar surface area (TPSA) is 149 Å². The molecule has 0 aliphatic heterocycles. The van der Waals surface area contributed by atoms with Crippen molar-refractivity contribution in [1.29, 1.82) is 0 Å². The lowest BCUT2D eigenvalue weighted by Crippen LogP contribution is -2.29. The van der Waals surface area contributed by atoms with Gasteiger partial charge in [-0.15, -0.1) is 0 Å². The molecule has 0 heterocycles. The molecule has 0 saturated carbocycles. The highest BCUT2D eigenvalue weighted by Crippen LogP contribution is 2.43. The second-order valence-electron chi connectivity index (χ2n) is 9.75. The molecule has 0 spiro atoms. The van der Waals surface area contributed by atoms with Crippen molar-refractivity contribution in [3.63, 3.8) is 0 Å². The Kier molecular flexibility index (Phi) is 25.9. The largest absolute Gasteiger partial charge is 0.472 e. The van der Waals surface area contributed by atoms with Crippen molar-refractivity contribution >= 4 is 19.8 Å². The summed E-state index contributed by atoms with van der Waals surface area (Å²) in [6.07, 6.45) is 23.0. The number of aliphatic hydroxyl groups is 2. The second kappa shape index (κ2) is 27.0. The number of esters is 2. The number of aliphatic hydroxyl groups excluding tert-OH is 2. The first-order chi connectivity index (χ1) is 19.7. The minimum Gasteiger partial charge on any atom is -0.462 e. The van der Waals surface area contributed by atoms with Crippen LogP contribution in [-0.2, 0) is 32.7 Å². The van der Waals surface area contributed by atoms with Crippen molar-refractivity contribution in [3.05, 3.63) is 36.5 Å². The molecular formula is C30H53O10P. The summed E-state index contributed by atoms with van der Waals surface area (Å²) in [5.74, 6) is -1.00. The van der Waals surface area contributed by atoms with Gasteiger partial charge in [-0.05, 0) is 44.9 Å². The number of ether oxygens (including phenoxy) is 2. The first-order valence-electron chi connectivity index (χ1n) is 14.9. The summed E-state index contributed by atoms with van der Waals surface area (Å²) in [5.41, 5.74) is 0. The van der Waals surface area contributed by atoms with Crippen molar-refractivity contribution in [1.82, 2.24) is 0 Å². The fraction of sp³-hybridized carbons (Fsp3) is 0.733. The Balaban J connectivity index is 4.15. The van der Waals surface area contributed by atoms with Crippen LogP contribution in [0.15, 0.2) is 36.5 Å². The van der Waals surface area contributed by atoms with E-state index in [1.165, 1.54) is 12.8 Å². The molecule has 0 aromatic heterocycles. The summed E-state index contributed by atoms with van der Waals surface area (Å²) in [6.45, 7) is 1.81. The Labute approximate surface area is 246 Å². The van der Waals surface area contributed by atoms with Crippen LogP contribution in [0.4, 0.5) is 0 Å². The quantitative estimate of drug-likeness (QED) is 0.0435. The third-order valence-corrected chi connectivity index (χ3v) is 6.73. The van der Waals surface area contributed by atoms with E-state index in [-0.39, 0.29) is 19.4 Å². The normalized spacial score (nSPS) is 15.0. The fourth-order valence-corrected chi connectivity index (χ4v) is 4.30. The van der Waals surface area contributed by atoms with Crippen LogP contribution < -0.4 is 0 Å². The SMILES string of the molecule is CC/C=C\C/C=C\C/C=C\CCCCCCCCCC(=O)OC(COC(=O)CCC)COP(=O)(O)OCC(O)CO. The number of phosphoric ester groups is 1. The minimum atomic E-state index is -4.58. The van der Waals surface area contributed by atoms with E-state index in [2.05, 4.69) is 47.9 Å². The fourth-order valence-electron chi connectivity index (χ4n) is 3.51. The van der Waals surface area contributed by atoms with Gasteiger partial charge in [-0.3, -0.25) is 18.6 Å². The van der Waals surface area contributed by atoms with Gasteiger partial charge in [-0.1, -0.05) is 82.4 Å². The van der Waals surface area contributed by atoms with Crippen LogP contribution in [0.25, 0.3) is 0 Å². The molecule has 238 valence electrons. The van der Waals surface area contributed by atoms with Crippen LogP contribution in [0.5, 0.6) is 0 Å². The van der Waals surface area contributed by atoms with E-state index < -0.39 is 51.8 Å². The maximum Gasteiger partial charge on any atom is 0.472 e. The Hall–Kier alpha value is -1.81. The van der Waals surface area contributed by atoms with Crippen LogP contribution in [0, 0.1) is 0 Å². The van der Waals surface area contributed by atoms with Gasteiger partial charge in [-0.2, -0.15) is 0 Å². The highest BCUT2D eigenvalue weighted by molar-refractivity contribution is 7.47. The van der Waals surface area contributed by atoms with Gasteiger partial charge in [0.1, 0.15) is 12.7 Å². The summed E-state index contributed by atoms with van der Waals surface area (Å²) in [5, 5.41) is 18.0. The van der Waals surface area contributed by atoms with E-state index in [9.17, 15) is 24.2 Å². The van der Waals surface area contributed by atoms with Crippen LogP contribution in [0.1, 0.15) is 104 Å². The molecule has 0 rings (SSSR count). The molecule has 0 fully saturated rings. The van der Waals surface area contributed by atoms with Gasteiger partial charge < -0.3 is 24.6 Å². The van der Waals surface area contributed by atoms with E-state index in [0.717, 1.165) is 51.4 Å². The number of carbonyl (C=O) groups is 2. The molecule has 0 aliphatic rings. The zero-order chi connectivity index (χ0) is 30.6. The van der Waals surface area contributed by atoms with E-state index in [1.807, 2.05) is 6.92 Å². The maximum absolute atomic E-state index is 12.3. The van der Waals surface area contributed by atoms with Crippen LogP contribution in [0.2, 0.25) is 0 Å². The predicted molar refractivity (Wildman–Crippen MR) is 159 cm³/mol. The molecule has 0 aromatic carbocycles. The van der Waals surface area contributed by atoms with Crippen molar-refractivity contribution < 1.29 is 47.8 Å². The molecule has 11 heteroatoms. The third kappa shape index (κ3) is 26.8. The molecular weight excluding hydrogens is 551 g/mol. The highest BCUT2D eigenvalue weighted by atomic mass is 31.2. The number of carbonyl (C=O) groups excluding carboxylic acids is 2. The zero-order valence-electron chi connectivity index (χ0n) is 25.0. The lowest BCUT2D eigenvalue weighted by Gasteiger charge is -2.20. The lowest BCUT2D eigenvalue weighted by atomic mass is 10.1. The van der Waals surface area contributed by atoms with Crippen LogP contribution in [-0.4, -0.2) is 65.7 Å². The Morgan fingerprint density at radius 3 is 1.98 bits per heavy atom. The molecule has 0 amide bonds. The van der Waals surface area contributed by atoms with E-state index in [0.29, 0.717) is 12.8 Å². The lowest BCUT2D eigenvalue weighted by molar-refractivity contribution is -0.161. The third-order valence-electron chi connectivity index (χ3n) is 5.78. The van der Waals surface area contributed by atoms with E-state index in [4.69, 9.17) is 19.1 Å². The number of hydrogen-bond acceptors (Lipinski definition) is 9. The van der Waals surface area contributed by atoms with Gasteiger partial charge in [0.2, 0.25) is 0 Å². The zero-order valence-corrected chi connectivity index (χ0v) is 25.9. The molecule has 0 radical (unpaired) electrons. The first-order valence-corrected chi connectivity index (χ1v) is 16.4. The van der Waals surface area contributed by atoms with E-state index >= 15 is 0 Å². The first kappa shape index (κ1) is 39.2. The average molecular weight is 605 g/mol. The smallest absolute Gasteiger partial charge is 0.462 e. The minimum absolute atomic E-state index is 0.170. The Morgan fingerprint density at radius 2 is 1.34 bits per heavy atom. The van der Waals surface area contributed by atoms with Gasteiger partial charge in [0.15, 0.2) is 6.10 Å². The summed E-state index contributed by atoms with van der Waals surface area (Å²) < 4.78 is 31.8. The molecule has 3 N–H and O–H groups in total. The summed E-state index contributed by atoms with van der Waals surface area (Å²) in [7, 11) is -4.58. The second-order valence-corrected chi connectivity index (χ2v) is 11.2. The van der Waals surface area contributed by atoms with Crippen LogP contribution in [0.3, 0.4) is 0 Å². The highest BCUT2D eigenvalue weighted by Gasteiger charge is 2.27. The average Bonchev–Trinajstić information content (AvgIpc) is 2.95. The Morgan fingerprint density at radius 1 is 0.756 bits per heavy atom. The van der Waals surface area contributed by atoms with Crippen LogP contribution >= 0.6 is 7.82 Å². The summed E-state index contributed by atoms with van der Waals surface area (Å²) in [6, 6.07) is 0. The number of allylic oxidation sites excluding steroid dienone is 6. The maximum atomic E-state index is 12.3. The standard InChI is InChI=1S/C30H53O10P/c1-3-5-6-7-8-9-10-11-12-13-14-15-16-17-18-19-20-22-30(34)40-28(25-37-29(33)21-4-2)26-39-41(35,36)38-24-27(32)23-31/h5-6,8-9,11-12,27-28,31-32H,3-4,7,10,13-26H2,1-2H3,(H,35,36)/b6-5-,9-8-,12-11-. The number of hydrogen-bond donors (Lipinski definition) is 3. The molecule has 0 aromatic rings. The predicted octanol–water partition coefficient (Wildman–Crippen LogP) is 6.10. The molecule has 10 nitrogen and oxygen atoms in total. The number of unbranched alkanes of at least 4 members (excludes halogenated alkanes) is 7. The molecule has 3 atom stereocenters. The van der Waals surface area contributed by atoms with Gasteiger partial charge in [0, 0.05) is 12.8 Å². The van der Waals surface area contributed by atoms with Crippen molar-refractivity contribution in [2.45, 2.75) is 116 Å². The molecule has 0 bridgehead atoms. The molecule has 0 aliphatic carbocycles. The van der Waals surface area contributed by atoms with Gasteiger partial charge in [0.25, 0.3) is 0 Å². The van der Waals surface area contributed by atoms with Crippen molar-refractivity contribution in [2.75, 3.05) is 26.4 Å². The number of rotatable bonds is 27. The van der Waals surface area contributed by atoms with Gasteiger partial charge >= 0.3 is 19.8 Å². The molecule has 0 saturated heterocycles. The number of phosphoric acid groups is 1. The summed E-state index contributed by atoms with van der Waals surface area (Å²) in [4.78, 5) is 33.7. The van der Waals surface area contributed by atoms with Crippen molar-refractivity contribution in [3.8, 4) is 0 Å². The van der Waals surface area contributed by atoms with Crippen molar-refractivity contribution in [2.24, 2.45) is 0 Å². The van der Waals surface area contributed by atoms with Gasteiger partial charge in [0.05, 0.1) is 19.8 Å². The Bertz CT molecular complexity index is 796. The molecule has 41 heavy (non-hydrogen) atoms. The summed E-state index contributed by atoms with van der Waals surface area (Å²) >= 11 is 0.